The second-order valence-electron chi connectivity index (χ2n) is 3.61. The Balaban J connectivity index is 0. The number of aldehydes is 1. The van der Waals surface area contributed by atoms with E-state index in [9.17, 15) is 9.59 Å². The lowest BCUT2D eigenvalue weighted by atomic mass is 10.1. The average Bonchev–Trinajstić information content (AvgIpc) is 2.20. The first kappa shape index (κ1) is 17.6. The van der Waals surface area contributed by atoms with Gasteiger partial charge in [0.2, 0.25) is 0 Å². The van der Waals surface area contributed by atoms with Gasteiger partial charge in [-0.15, -0.1) is 12.4 Å². The Morgan fingerprint density at radius 1 is 0.938 bits per heavy atom. The van der Waals surface area contributed by atoms with Crippen molar-refractivity contribution in [1.82, 2.24) is 0 Å². The molecule has 1 N–H and O–H groups in total. The summed E-state index contributed by atoms with van der Waals surface area (Å²) in [6, 6.07) is 0. The quantitative estimate of drug-likeness (QED) is 0.366. The average molecular weight is 249 g/mol. The number of carbonyl (C=O) groups is 2. The Morgan fingerprint density at radius 3 is 1.94 bits per heavy atom. The fourth-order valence-electron chi connectivity index (χ4n) is 1.38. The van der Waals surface area contributed by atoms with Gasteiger partial charge in [-0.3, -0.25) is 0 Å². The number of halogens is 1. The van der Waals surface area contributed by atoms with Crippen molar-refractivity contribution in [3.8, 4) is 0 Å². The topological polar surface area (TPSA) is 54.4 Å². The number of hydrogen-bond acceptors (Lipinski definition) is 2. The molecule has 4 heteroatoms. The maximum atomic E-state index is 10.1. The maximum Gasteiger partial charge on any atom is 0.327 e. The first-order valence-electron chi connectivity index (χ1n) is 5.60. The molecule has 0 aliphatic heterocycles. The number of rotatable bonds is 10. The SMILES string of the molecule is Cl.O=CCCCCCCCCC=CC(=O)O. The zero-order valence-corrected chi connectivity index (χ0v) is 10.4. The Morgan fingerprint density at radius 2 is 1.44 bits per heavy atom. The van der Waals surface area contributed by atoms with E-state index in [-0.39, 0.29) is 12.4 Å². The van der Waals surface area contributed by atoms with Crippen LogP contribution in [0.25, 0.3) is 0 Å². The van der Waals surface area contributed by atoms with Crippen molar-refractivity contribution >= 4 is 24.7 Å². The molecule has 0 saturated heterocycles. The van der Waals surface area contributed by atoms with Crippen molar-refractivity contribution in [2.75, 3.05) is 0 Å². The smallest absolute Gasteiger partial charge is 0.327 e. The van der Waals surface area contributed by atoms with Crippen LogP contribution < -0.4 is 0 Å². The minimum Gasteiger partial charge on any atom is -0.478 e. The van der Waals surface area contributed by atoms with Crippen molar-refractivity contribution in [2.45, 2.75) is 51.4 Å². The van der Waals surface area contributed by atoms with E-state index in [1.54, 1.807) is 6.08 Å². The third-order valence-electron chi connectivity index (χ3n) is 2.20. The molecule has 0 spiro atoms. The molecule has 0 radical (unpaired) electrons. The summed E-state index contributed by atoms with van der Waals surface area (Å²) < 4.78 is 0. The van der Waals surface area contributed by atoms with Gasteiger partial charge in [0.25, 0.3) is 0 Å². The van der Waals surface area contributed by atoms with Gasteiger partial charge in [-0.05, 0) is 19.3 Å². The van der Waals surface area contributed by atoms with Gasteiger partial charge >= 0.3 is 5.97 Å². The highest BCUT2D eigenvalue weighted by atomic mass is 35.5. The molecule has 0 fully saturated rings. The van der Waals surface area contributed by atoms with Crippen molar-refractivity contribution in [3.05, 3.63) is 12.2 Å². The molecule has 94 valence electrons. The van der Waals surface area contributed by atoms with E-state index in [4.69, 9.17) is 5.11 Å². The van der Waals surface area contributed by atoms with Gasteiger partial charge in [0.15, 0.2) is 0 Å². The minimum absolute atomic E-state index is 0. The number of carboxylic acid groups (broad SMARTS) is 1. The Hall–Kier alpha value is -0.830. The van der Waals surface area contributed by atoms with Crippen LogP contribution in [-0.2, 0) is 9.59 Å². The molecule has 0 aromatic heterocycles. The molecule has 0 amide bonds. The highest BCUT2D eigenvalue weighted by Gasteiger charge is 1.91. The van der Waals surface area contributed by atoms with Crippen molar-refractivity contribution in [1.29, 1.82) is 0 Å². The first-order valence-corrected chi connectivity index (χ1v) is 5.60. The molecular formula is C12H21ClO3. The summed E-state index contributed by atoms with van der Waals surface area (Å²) in [7, 11) is 0. The lowest BCUT2D eigenvalue weighted by Crippen LogP contribution is -1.85. The summed E-state index contributed by atoms with van der Waals surface area (Å²) in [6.45, 7) is 0. The molecular weight excluding hydrogens is 228 g/mol. The fourth-order valence-corrected chi connectivity index (χ4v) is 1.38. The van der Waals surface area contributed by atoms with Gasteiger partial charge in [0.1, 0.15) is 6.29 Å². The highest BCUT2D eigenvalue weighted by Crippen LogP contribution is 2.08. The lowest BCUT2D eigenvalue weighted by molar-refractivity contribution is -0.131. The zero-order chi connectivity index (χ0) is 11.4. The molecule has 0 aliphatic carbocycles. The van der Waals surface area contributed by atoms with Crippen LogP contribution in [0.3, 0.4) is 0 Å². The zero-order valence-electron chi connectivity index (χ0n) is 9.56. The number of carbonyl (C=O) groups excluding carboxylic acids is 1. The van der Waals surface area contributed by atoms with E-state index < -0.39 is 5.97 Å². The molecule has 0 heterocycles. The molecule has 0 aliphatic rings. The molecule has 0 unspecified atom stereocenters. The largest absolute Gasteiger partial charge is 0.478 e. The number of aliphatic carboxylic acids is 1. The van der Waals surface area contributed by atoms with E-state index in [0.29, 0.717) is 6.42 Å². The van der Waals surface area contributed by atoms with Crippen LogP contribution in [0.15, 0.2) is 12.2 Å². The summed E-state index contributed by atoms with van der Waals surface area (Å²) >= 11 is 0. The fraction of sp³-hybridized carbons (Fsp3) is 0.667. The third-order valence-corrected chi connectivity index (χ3v) is 2.20. The molecule has 0 bridgehead atoms. The monoisotopic (exact) mass is 248 g/mol. The molecule has 0 aromatic carbocycles. The van der Waals surface area contributed by atoms with Crippen molar-refractivity contribution in [3.63, 3.8) is 0 Å². The van der Waals surface area contributed by atoms with Crippen LogP contribution in [0.4, 0.5) is 0 Å². The second kappa shape index (κ2) is 14.2. The van der Waals surface area contributed by atoms with E-state index in [1.165, 1.54) is 18.9 Å². The van der Waals surface area contributed by atoms with Gasteiger partial charge in [0.05, 0.1) is 0 Å². The van der Waals surface area contributed by atoms with Crippen LogP contribution >= 0.6 is 12.4 Å². The Kier molecular flexibility index (Phi) is 15.6. The maximum absolute atomic E-state index is 10.1. The van der Waals surface area contributed by atoms with Crippen LogP contribution in [0.1, 0.15) is 51.4 Å². The Bertz CT molecular complexity index is 202. The van der Waals surface area contributed by atoms with Gasteiger partial charge in [-0.2, -0.15) is 0 Å². The van der Waals surface area contributed by atoms with E-state index in [2.05, 4.69) is 0 Å². The van der Waals surface area contributed by atoms with Crippen LogP contribution in [-0.4, -0.2) is 17.4 Å². The third kappa shape index (κ3) is 15.6. The number of allylic oxidation sites excluding steroid dienone is 1. The predicted octanol–water partition coefficient (Wildman–Crippen LogP) is 3.37. The van der Waals surface area contributed by atoms with Gasteiger partial charge < -0.3 is 9.90 Å². The molecule has 0 aromatic rings. The summed E-state index contributed by atoms with van der Waals surface area (Å²) in [4.78, 5) is 20.1. The van der Waals surface area contributed by atoms with Gasteiger partial charge in [0, 0.05) is 12.5 Å². The van der Waals surface area contributed by atoms with Crippen molar-refractivity contribution < 1.29 is 14.7 Å². The normalized spacial score (nSPS) is 10.0. The Labute approximate surface area is 103 Å². The van der Waals surface area contributed by atoms with Crippen molar-refractivity contribution in [2.24, 2.45) is 0 Å². The molecule has 16 heavy (non-hydrogen) atoms. The number of hydrogen-bond donors (Lipinski definition) is 1. The summed E-state index contributed by atoms with van der Waals surface area (Å²) in [6.07, 6.45) is 12.1. The lowest BCUT2D eigenvalue weighted by Gasteiger charge is -1.98. The first-order chi connectivity index (χ1) is 7.27. The number of unbranched alkanes of at least 4 members (excludes halogenated alkanes) is 7. The van der Waals surface area contributed by atoms with Crippen LogP contribution in [0.2, 0.25) is 0 Å². The molecule has 0 rings (SSSR count). The number of carboxylic acids is 1. The molecule has 0 atom stereocenters. The van der Waals surface area contributed by atoms with E-state index in [0.717, 1.165) is 38.4 Å². The van der Waals surface area contributed by atoms with Gasteiger partial charge in [-0.25, -0.2) is 4.79 Å². The summed E-state index contributed by atoms with van der Waals surface area (Å²) in [5.74, 6) is -0.871. The summed E-state index contributed by atoms with van der Waals surface area (Å²) in [5, 5.41) is 8.32. The highest BCUT2D eigenvalue weighted by molar-refractivity contribution is 5.85. The molecule has 0 saturated carbocycles. The second-order valence-corrected chi connectivity index (χ2v) is 3.61. The summed E-state index contributed by atoms with van der Waals surface area (Å²) in [5.41, 5.74) is 0. The minimum atomic E-state index is -0.871. The van der Waals surface area contributed by atoms with Crippen LogP contribution in [0, 0.1) is 0 Å². The predicted molar refractivity (Wildman–Crippen MR) is 67.0 cm³/mol. The van der Waals surface area contributed by atoms with Gasteiger partial charge in [-0.1, -0.05) is 31.8 Å². The van der Waals surface area contributed by atoms with E-state index >= 15 is 0 Å². The molecule has 3 nitrogen and oxygen atoms in total. The van der Waals surface area contributed by atoms with Crippen LogP contribution in [0.5, 0.6) is 0 Å². The van der Waals surface area contributed by atoms with E-state index in [1.807, 2.05) is 0 Å². The standard InChI is InChI=1S/C12H20O3.ClH/c13-11-9-7-5-3-1-2-4-6-8-10-12(14)15;/h8,10-11H,1-7,9H2,(H,14,15);1H.